The Balaban J connectivity index is 3.11. The lowest BCUT2D eigenvalue weighted by molar-refractivity contribution is 0.112. The first-order valence-corrected chi connectivity index (χ1v) is 5.00. The average Bonchev–Trinajstić information content (AvgIpc) is 2.30. The van der Waals surface area contributed by atoms with Crippen molar-refractivity contribution >= 4 is 33.6 Å². The van der Waals surface area contributed by atoms with Crippen LogP contribution in [0.5, 0.6) is 0 Å². The van der Waals surface area contributed by atoms with Crippen molar-refractivity contribution in [2.24, 2.45) is 0 Å². The molecule has 0 saturated heterocycles. The molecule has 3 heteroatoms. The molecular formula is C8H9BrOS. The first kappa shape index (κ1) is 8.94. The molecule has 1 nitrogen and oxygen atoms in total. The Morgan fingerprint density at radius 1 is 1.64 bits per heavy atom. The summed E-state index contributed by atoms with van der Waals surface area (Å²) < 4.78 is 1.03. The van der Waals surface area contributed by atoms with Gasteiger partial charge < -0.3 is 0 Å². The van der Waals surface area contributed by atoms with E-state index < -0.39 is 0 Å². The van der Waals surface area contributed by atoms with Crippen molar-refractivity contribution in [1.29, 1.82) is 0 Å². The fraction of sp³-hybridized carbons (Fsp3) is 0.375. The summed E-state index contributed by atoms with van der Waals surface area (Å²) in [6.45, 7) is 4.17. The zero-order valence-electron chi connectivity index (χ0n) is 6.43. The van der Waals surface area contributed by atoms with Gasteiger partial charge in [-0.25, -0.2) is 0 Å². The van der Waals surface area contributed by atoms with Crippen LogP contribution in [0.4, 0.5) is 0 Å². The van der Waals surface area contributed by atoms with Crippen LogP contribution in [0.2, 0.25) is 0 Å². The zero-order chi connectivity index (χ0) is 8.43. The minimum absolute atomic E-state index is 0.428. The van der Waals surface area contributed by atoms with Crippen molar-refractivity contribution in [2.75, 3.05) is 0 Å². The molecular weight excluding hydrogens is 224 g/mol. The van der Waals surface area contributed by atoms with Crippen LogP contribution in [0.15, 0.2) is 9.85 Å². The summed E-state index contributed by atoms with van der Waals surface area (Å²) in [6, 6.07) is 2.01. The molecule has 1 aromatic rings. The van der Waals surface area contributed by atoms with Crippen LogP contribution in [0.1, 0.15) is 35.0 Å². The Kier molecular flexibility index (Phi) is 2.84. The fourth-order valence-electron chi connectivity index (χ4n) is 0.930. The van der Waals surface area contributed by atoms with Crippen LogP contribution in [0.3, 0.4) is 0 Å². The lowest BCUT2D eigenvalue weighted by atomic mass is 10.1. The molecule has 0 spiro atoms. The first-order valence-electron chi connectivity index (χ1n) is 3.39. The summed E-state index contributed by atoms with van der Waals surface area (Å²) in [6.07, 6.45) is 0.921. The minimum atomic E-state index is 0.428. The Morgan fingerprint density at radius 3 is 2.64 bits per heavy atom. The predicted molar refractivity (Wildman–Crippen MR) is 51.5 cm³/mol. The molecule has 0 saturated carbocycles. The molecule has 0 N–H and O–H groups in total. The zero-order valence-corrected chi connectivity index (χ0v) is 8.83. The monoisotopic (exact) mass is 232 g/mol. The number of aldehydes is 1. The molecule has 0 aliphatic heterocycles. The average molecular weight is 233 g/mol. The second-order valence-electron chi connectivity index (χ2n) is 2.64. The normalized spacial score (nSPS) is 10.5. The van der Waals surface area contributed by atoms with E-state index in [0.29, 0.717) is 5.92 Å². The summed E-state index contributed by atoms with van der Waals surface area (Å²) in [7, 11) is 0. The van der Waals surface area contributed by atoms with Gasteiger partial charge in [0.1, 0.15) is 0 Å². The highest BCUT2D eigenvalue weighted by atomic mass is 79.9. The Morgan fingerprint density at radius 2 is 2.27 bits per heavy atom. The predicted octanol–water partition coefficient (Wildman–Crippen LogP) is 3.45. The van der Waals surface area contributed by atoms with Crippen molar-refractivity contribution in [3.05, 3.63) is 20.3 Å². The smallest absolute Gasteiger partial charge is 0.160 e. The van der Waals surface area contributed by atoms with Gasteiger partial charge in [0.05, 0.1) is 8.66 Å². The van der Waals surface area contributed by atoms with Crippen molar-refractivity contribution < 1.29 is 4.79 Å². The van der Waals surface area contributed by atoms with E-state index in [1.807, 2.05) is 6.07 Å². The van der Waals surface area contributed by atoms with Gasteiger partial charge in [-0.05, 0) is 33.5 Å². The highest BCUT2D eigenvalue weighted by Gasteiger charge is 2.09. The van der Waals surface area contributed by atoms with Crippen LogP contribution in [-0.4, -0.2) is 6.29 Å². The summed E-state index contributed by atoms with van der Waals surface area (Å²) in [5.74, 6) is 0.428. The highest BCUT2D eigenvalue weighted by molar-refractivity contribution is 9.11. The van der Waals surface area contributed by atoms with E-state index in [1.165, 1.54) is 11.3 Å². The van der Waals surface area contributed by atoms with E-state index in [4.69, 9.17) is 0 Å². The third-order valence-corrected chi connectivity index (χ3v) is 3.07. The number of hydrogen-bond acceptors (Lipinski definition) is 2. The maximum absolute atomic E-state index is 10.5. The van der Waals surface area contributed by atoms with E-state index in [9.17, 15) is 4.79 Å². The molecule has 60 valence electrons. The van der Waals surface area contributed by atoms with Crippen molar-refractivity contribution in [3.63, 3.8) is 0 Å². The van der Waals surface area contributed by atoms with Gasteiger partial charge >= 0.3 is 0 Å². The van der Waals surface area contributed by atoms with E-state index in [2.05, 4.69) is 29.8 Å². The summed E-state index contributed by atoms with van der Waals surface area (Å²) in [5, 5.41) is 0. The number of hydrogen-bond donors (Lipinski definition) is 0. The second-order valence-corrected chi connectivity index (χ2v) is 5.11. The number of thiophene rings is 1. The van der Waals surface area contributed by atoms with Gasteiger partial charge in [0.25, 0.3) is 0 Å². The molecule has 0 aromatic carbocycles. The largest absolute Gasteiger partial charge is 0.297 e. The molecule has 0 fully saturated rings. The minimum Gasteiger partial charge on any atom is -0.297 e. The highest BCUT2D eigenvalue weighted by Crippen LogP contribution is 2.30. The second kappa shape index (κ2) is 3.50. The maximum Gasteiger partial charge on any atom is 0.160 e. The fourth-order valence-corrected chi connectivity index (χ4v) is 2.56. The number of halogens is 1. The number of rotatable bonds is 2. The molecule has 0 radical (unpaired) electrons. The molecule has 0 amide bonds. The molecule has 11 heavy (non-hydrogen) atoms. The topological polar surface area (TPSA) is 17.1 Å². The van der Waals surface area contributed by atoms with Gasteiger partial charge in [-0.2, -0.15) is 0 Å². The van der Waals surface area contributed by atoms with Gasteiger partial charge in [0.15, 0.2) is 6.29 Å². The molecule has 1 aromatic heterocycles. The van der Waals surface area contributed by atoms with E-state index in [-0.39, 0.29) is 0 Å². The number of carbonyl (C=O) groups is 1. The molecule has 0 bridgehead atoms. The maximum atomic E-state index is 10.5. The van der Waals surface area contributed by atoms with E-state index >= 15 is 0 Å². The van der Waals surface area contributed by atoms with Crippen molar-refractivity contribution in [2.45, 2.75) is 19.8 Å². The lowest BCUT2D eigenvalue weighted by Crippen LogP contribution is -1.87. The van der Waals surface area contributed by atoms with Crippen molar-refractivity contribution in [1.82, 2.24) is 0 Å². The van der Waals surface area contributed by atoms with Crippen LogP contribution in [-0.2, 0) is 0 Å². The summed E-state index contributed by atoms with van der Waals surface area (Å²) in [5.41, 5.74) is 1.14. The SMILES string of the molecule is CC(C)c1cc(Br)sc1C=O. The molecule has 0 atom stereocenters. The standard InChI is InChI=1S/C8H9BrOS/c1-5(2)6-3-8(9)11-7(6)4-10/h3-5H,1-2H3. The molecule has 0 unspecified atom stereocenters. The van der Waals surface area contributed by atoms with Gasteiger partial charge in [0.2, 0.25) is 0 Å². The van der Waals surface area contributed by atoms with E-state index in [1.54, 1.807) is 0 Å². The van der Waals surface area contributed by atoms with Crippen LogP contribution < -0.4 is 0 Å². The molecule has 1 heterocycles. The lowest BCUT2D eigenvalue weighted by Gasteiger charge is -2.00. The van der Waals surface area contributed by atoms with Gasteiger partial charge in [0, 0.05) is 0 Å². The quantitative estimate of drug-likeness (QED) is 0.715. The summed E-state index contributed by atoms with van der Waals surface area (Å²) >= 11 is 4.84. The van der Waals surface area contributed by atoms with Crippen LogP contribution >= 0.6 is 27.3 Å². The van der Waals surface area contributed by atoms with Gasteiger partial charge in [-0.15, -0.1) is 11.3 Å². The molecule has 0 aliphatic rings. The Labute approximate surface area is 78.6 Å². The van der Waals surface area contributed by atoms with Crippen LogP contribution in [0.25, 0.3) is 0 Å². The third kappa shape index (κ3) is 1.91. The first-order chi connectivity index (χ1) is 5.15. The third-order valence-electron chi connectivity index (χ3n) is 1.49. The Hall–Kier alpha value is -0.150. The van der Waals surface area contributed by atoms with Crippen molar-refractivity contribution in [3.8, 4) is 0 Å². The number of carbonyl (C=O) groups excluding carboxylic acids is 1. The summed E-state index contributed by atoms with van der Waals surface area (Å²) in [4.78, 5) is 11.4. The van der Waals surface area contributed by atoms with E-state index in [0.717, 1.165) is 20.5 Å². The molecule has 1 rings (SSSR count). The van der Waals surface area contributed by atoms with Crippen LogP contribution in [0, 0.1) is 0 Å². The molecule has 0 aliphatic carbocycles. The van der Waals surface area contributed by atoms with Gasteiger partial charge in [-0.1, -0.05) is 13.8 Å². The van der Waals surface area contributed by atoms with Gasteiger partial charge in [-0.3, -0.25) is 4.79 Å². The Bertz CT molecular complexity index is 265.